The number of aromatic nitrogens is 4. The van der Waals surface area contributed by atoms with E-state index in [0.717, 1.165) is 16.5 Å². The van der Waals surface area contributed by atoms with Gasteiger partial charge in [-0.25, -0.2) is 13.4 Å². The minimum Gasteiger partial charge on any atom is -0.493 e. The summed E-state index contributed by atoms with van der Waals surface area (Å²) in [6.07, 6.45) is 4.81. The first kappa shape index (κ1) is 21.8. The summed E-state index contributed by atoms with van der Waals surface area (Å²) in [5, 5.41) is 18.7. The molecule has 0 amide bonds. The highest BCUT2D eigenvalue weighted by atomic mass is 32.2. The molecule has 0 atom stereocenters. The van der Waals surface area contributed by atoms with Gasteiger partial charge in [0, 0.05) is 43.2 Å². The molecule has 0 radical (unpaired) electrons. The number of nitrogens with zero attached hydrogens (tertiary/aromatic N) is 4. The van der Waals surface area contributed by atoms with Crippen molar-refractivity contribution in [2.75, 3.05) is 29.2 Å². The standard InChI is InChI=1S/C22H26N6O3S/c1-14(2)28-13-17-19(21(28)29)26-22(23-8-9-32(3,30)31)27-20(17)25-12-15-10-16-6-4-5-7-18(16)24-11-15/h4-7,10-11,13-14,29H,8-9,12H2,1-3H3,(H2,23,25,26,27). The van der Waals surface area contributed by atoms with Gasteiger partial charge in [0.25, 0.3) is 0 Å². The second kappa shape index (κ2) is 8.62. The van der Waals surface area contributed by atoms with E-state index in [4.69, 9.17) is 0 Å². The Bertz CT molecular complexity index is 1380. The van der Waals surface area contributed by atoms with Crippen molar-refractivity contribution in [2.24, 2.45) is 0 Å². The maximum atomic E-state index is 11.4. The molecule has 0 unspecified atom stereocenters. The van der Waals surface area contributed by atoms with Gasteiger partial charge in [0.1, 0.15) is 21.2 Å². The monoisotopic (exact) mass is 454 g/mol. The number of nitrogens with one attached hydrogen (secondary N) is 2. The molecule has 0 spiro atoms. The number of rotatable bonds is 8. The van der Waals surface area contributed by atoms with E-state index < -0.39 is 9.84 Å². The third-order valence-electron chi connectivity index (χ3n) is 5.09. The van der Waals surface area contributed by atoms with Gasteiger partial charge in [-0.15, -0.1) is 0 Å². The first-order valence-electron chi connectivity index (χ1n) is 10.3. The van der Waals surface area contributed by atoms with Crippen molar-refractivity contribution in [1.82, 2.24) is 19.5 Å². The summed E-state index contributed by atoms with van der Waals surface area (Å²) in [5.41, 5.74) is 2.31. The highest BCUT2D eigenvalue weighted by Gasteiger charge is 2.18. The molecule has 0 aliphatic rings. The Morgan fingerprint density at radius 2 is 1.94 bits per heavy atom. The first-order chi connectivity index (χ1) is 15.2. The van der Waals surface area contributed by atoms with Gasteiger partial charge in [0.2, 0.25) is 11.8 Å². The fourth-order valence-electron chi connectivity index (χ4n) is 3.44. The maximum absolute atomic E-state index is 11.4. The Morgan fingerprint density at radius 3 is 2.69 bits per heavy atom. The van der Waals surface area contributed by atoms with E-state index in [1.165, 1.54) is 6.26 Å². The van der Waals surface area contributed by atoms with Crippen LogP contribution in [0.4, 0.5) is 11.8 Å². The third-order valence-corrected chi connectivity index (χ3v) is 6.04. The summed E-state index contributed by atoms with van der Waals surface area (Å²) in [4.78, 5) is 13.4. The van der Waals surface area contributed by atoms with Crippen LogP contribution in [-0.2, 0) is 16.4 Å². The van der Waals surface area contributed by atoms with Gasteiger partial charge in [-0.3, -0.25) is 4.98 Å². The van der Waals surface area contributed by atoms with E-state index in [0.29, 0.717) is 23.3 Å². The van der Waals surface area contributed by atoms with E-state index in [9.17, 15) is 13.5 Å². The Balaban J connectivity index is 1.65. The normalized spacial score (nSPS) is 12.0. The van der Waals surface area contributed by atoms with Gasteiger partial charge in [0.05, 0.1) is 16.7 Å². The van der Waals surface area contributed by atoms with E-state index in [1.807, 2.05) is 50.5 Å². The molecule has 1 aromatic carbocycles. The molecule has 3 heterocycles. The quantitative estimate of drug-likeness (QED) is 0.371. The lowest BCUT2D eigenvalue weighted by Crippen LogP contribution is -2.16. The van der Waals surface area contributed by atoms with Crippen LogP contribution in [0.5, 0.6) is 5.88 Å². The third kappa shape index (κ3) is 4.75. The van der Waals surface area contributed by atoms with Crippen LogP contribution in [0.2, 0.25) is 0 Å². The van der Waals surface area contributed by atoms with Gasteiger partial charge in [-0.2, -0.15) is 4.98 Å². The maximum Gasteiger partial charge on any atom is 0.225 e. The predicted octanol–water partition coefficient (Wildman–Crippen LogP) is 3.33. The smallest absolute Gasteiger partial charge is 0.225 e. The fourth-order valence-corrected chi connectivity index (χ4v) is 3.91. The number of hydrogen-bond acceptors (Lipinski definition) is 8. The van der Waals surface area contributed by atoms with Gasteiger partial charge in [-0.1, -0.05) is 18.2 Å². The van der Waals surface area contributed by atoms with E-state index in [2.05, 4.69) is 31.7 Å². The number of fused-ring (bicyclic) bond motifs is 2. The molecule has 0 saturated carbocycles. The molecule has 0 bridgehead atoms. The lowest BCUT2D eigenvalue weighted by molar-refractivity contribution is 0.404. The lowest BCUT2D eigenvalue weighted by atomic mass is 10.1. The van der Waals surface area contributed by atoms with Gasteiger partial charge in [0.15, 0.2) is 0 Å². The molecule has 32 heavy (non-hydrogen) atoms. The number of sulfone groups is 1. The second-order valence-corrected chi connectivity index (χ2v) is 10.3. The van der Waals surface area contributed by atoms with Gasteiger partial charge in [-0.05, 0) is 31.5 Å². The molecule has 0 aliphatic carbocycles. The molecule has 0 saturated heterocycles. The second-order valence-electron chi connectivity index (χ2n) is 8.06. The molecule has 9 nitrogen and oxygen atoms in total. The van der Waals surface area contributed by atoms with Crippen LogP contribution >= 0.6 is 0 Å². The highest BCUT2D eigenvalue weighted by Crippen LogP contribution is 2.33. The Kier molecular flexibility index (Phi) is 5.88. The molecule has 3 N–H and O–H groups in total. The zero-order valence-corrected chi connectivity index (χ0v) is 19.0. The Hall–Kier alpha value is -3.40. The highest BCUT2D eigenvalue weighted by molar-refractivity contribution is 7.90. The summed E-state index contributed by atoms with van der Waals surface area (Å²) in [7, 11) is -3.12. The van der Waals surface area contributed by atoms with E-state index in [1.54, 1.807) is 4.57 Å². The van der Waals surface area contributed by atoms with Crippen molar-refractivity contribution in [3.63, 3.8) is 0 Å². The first-order valence-corrected chi connectivity index (χ1v) is 12.4. The minimum atomic E-state index is -3.12. The molecule has 4 rings (SSSR count). The van der Waals surface area contributed by atoms with Crippen molar-refractivity contribution in [3.05, 3.63) is 48.3 Å². The van der Waals surface area contributed by atoms with Crippen LogP contribution in [0.3, 0.4) is 0 Å². The van der Waals surface area contributed by atoms with Crippen molar-refractivity contribution < 1.29 is 13.5 Å². The molecule has 0 fully saturated rings. The van der Waals surface area contributed by atoms with E-state index >= 15 is 0 Å². The fraction of sp³-hybridized carbons (Fsp3) is 0.318. The van der Waals surface area contributed by atoms with Crippen LogP contribution in [0.1, 0.15) is 25.5 Å². The largest absolute Gasteiger partial charge is 0.493 e. The van der Waals surface area contributed by atoms with Gasteiger partial charge >= 0.3 is 0 Å². The summed E-state index contributed by atoms with van der Waals surface area (Å²) in [6, 6.07) is 10.0. The molecular formula is C22H26N6O3S. The van der Waals surface area contributed by atoms with Crippen LogP contribution in [0.15, 0.2) is 42.7 Å². The number of para-hydroxylation sites is 1. The van der Waals surface area contributed by atoms with Crippen LogP contribution in [-0.4, -0.2) is 51.6 Å². The molecule has 168 valence electrons. The Morgan fingerprint density at radius 1 is 1.16 bits per heavy atom. The Labute approximate surface area is 186 Å². The number of hydrogen-bond donors (Lipinski definition) is 3. The molecule has 10 heteroatoms. The van der Waals surface area contributed by atoms with E-state index in [-0.39, 0.29) is 30.2 Å². The molecule has 3 aromatic heterocycles. The van der Waals surface area contributed by atoms with Crippen LogP contribution in [0, 0.1) is 0 Å². The number of anilines is 2. The minimum absolute atomic E-state index is 0.0309. The topological polar surface area (TPSA) is 122 Å². The van der Waals surface area contributed by atoms with Crippen molar-refractivity contribution >= 4 is 43.4 Å². The number of benzene rings is 1. The zero-order valence-electron chi connectivity index (χ0n) is 18.2. The van der Waals surface area contributed by atoms with Crippen LogP contribution in [0.25, 0.3) is 21.8 Å². The van der Waals surface area contributed by atoms with Crippen LogP contribution < -0.4 is 10.6 Å². The number of aromatic hydroxyl groups is 1. The van der Waals surface area contributed by atoms with Crippen molar-refractivity contribution in [2.45, 2.75) is 26.4 Å². The van der Waals surface area contributed by atoms with Crippen molar-refractivity contribution in [1.29, 1.82) is 0 Å². The predicted molar refractivity (Wildman–Crippen MR) is 127 cm³/mol. The molecule has 4 aromatic rings. The summed E-state index contributed by atoms with van der Waals surface area (Å²) in [5.74, 6) is 0.787. The summed E-state index contributed by atoms with van der Waals surface area (Å²) < 4.78 is 24.6. The summed E-state index contributed by atoms with van der Waals surface area (Å²) >= 11 is 0. The average molecular weight is 455 g/mol. The lowest BCUT2D eigenvalue weighted by Gasteiger charge is -2.10. The molecule has 0 aliphatic heterocycles. The average Bonchev–Trinajstić information content (AvgIpc) is 3.08. The van der Waals surface area contributed by atoms with Gasteiger partial charge < -0.3 is 20.3 Å². The number of pyridine rings is 1. The SMILES string of the molecule is CC(C)n1cc2c(NCc3cnc4ccccc4c3)nc(NCCS(C)(=O)=O)nc2c1O. The van der Waals surface area contributed by atoms with Crippen molar-refractivity contribution in [3.8, 4) is 5.88 Å². The molecular weight excluding hydrogens is 428 g/mol. The zero-order chi connectivity index (χ0) is 22.9. The summed E-state index contributed by atoms with van der Waals surface area (Å²) in [6.45, 7) is 4.57.